The van der Waals surface area contributed by atoms with Crippen molar-refractivity contribution in [3.8, 4) is 23.0 Å². The number of thiophene rings is 1. The van der Waals surface area contributed by atoms with Gasteiger partial charge in [-0.15, -0.1) is 17.8 Å². The lowest BCUT2D eigenvalue weighted by molar-refractivity contribution is 0.564. The van der Waals surface area contributed by atoms with Crippen LogP contribution in [0.25, 0.3) is 10.7 Å². The van der Waals surface area contributed by atoms with Crippen LogP contribution in [-0.2, 0) is 16.8 Å². The van der Waals surface area contributed by atoms with E-state index in [2.05, 4.69) is 31.4 Å². The van der Waals surface area contributed by atoms with Crippen molar-refractivity contribution in [1.82, 2.24) is 20.2 Å². The molecule has 3 aromatic heterocycles. The fourth-order valence-corrected chi connectivity index (χ4v) is 4.15. The predicted molar refractivity (Wildman–Crippen MR) is 102 cm³/mol. The summed E-state index contributed by atoms with van der Waals surface area (Å²) in [7, 11) is 0. The SMILES string of the molecule is C#Cc1cnc(-c2ccc(CS(=O)O)s2)nc1Nc1cc(C2CC2)[nH]n1. The van der Waals surface area contributed by atoms with Gasteiger partial charge in [-0.05, 0) is 25.0 Å². The maximum Gasteiger partial charge on any atom is 0.171 e. The Morgan fingerprint density at radius 2 is 2.31 bits per heavy atom. The standard InChI is InChI=1S/C17H15N5O2S2/c1-2-10-8-18-17(14-6-5-12(25-14)9-26(23)24)20-16(10)19-15-7-13(21-22-15)11-3-4-11/h1,5-8,11H,3-4,9H2,(H,23,24)(H2,18,19,20,21,22). The minimum atomic E-state index is -1.87. The molecule has 3 heterocycles. The van der Waals surface area contributed by atoms with Crippen LogP contribution >= 0.6 is 11.3 Å². The van der Waals surface area contributed by atoms with Gasteiger partial charge in [0.1, 0.15) is 0 Å². The second-order valence-corrected chi connectivity index (χ2v) is 8.04. The van der Waals surface area contributed by atoms with Crippen molar-refractivity contribution < 1.29 is 8.76 Å². The molecule has 3 N–H and O–H groups in total. The van der Waals surface area contributed by atoms with Gasteiger partial charge in [0.15, 0.2) is 28.5 Å². The molecule has 1 aliphatic carbocycles. The lowest BCUT2D eigenvalue weighted by atomic mass is 10.3. The molecule has 1 saturated carbocycles. The van der Waals surface area contributed by atoms with Crippen LogP contribution in [0.1, 0.15) is 34.9 Å². The van der Waals surface area contributed by atoms with Crippen LogP contribution in [0.5, 0.6) is 0 Å². The van der Waals surface area contributed by atoms with Crippen molar-refractivity contribution in [3.63, 3.8) is 0 Å². The summed E-state index contributed by atoms with van der Waals surface area (Å²) < 4.78 is 20.0. The molecule has 1 fully saturated rings. The van der Waals surface area contributed by atoms with Crippen molar-refractivity contribution in [3.05, 3.63) is 40.5 Å². The molecule has 7 nitrogen and oxygen atoms in total. The van der Waals surface area contributed by atoms with Gasteiger partial charge in [0.25, 0.3) is 0 Å². The fourth-order valence-electron chi connectivity index (χ4n) is 2.52. The summed E-state index contributed by atoms with van der Waals surface area (Å²) in [5.41, 5.74) is 1.65. The summed E-state index contributed by atoms with van der Waals surface area (Å²) in [6.45, 7) is 0. The molecule has 0 aromatic carbocycles. The second-order valence-electron chi connectivity index (χ2n) is 5.94. The zero-order valence-corrected chi connectivity index (χ0v) is 15.2. The Kier molecular flexibility index (Phi) is 4.55. The average Bonchev–Trinajstić information content (AvgIpc) is 3.19. The first-order valence-corrected chi connectivity index (χ1v) is 10.0. The fraction of sp³-hybridized carbons (Fsp3) is 0.235. The highest BCUT2D eigenvalue weighted by atomic mass is 32.2. The van der Waals surface area contributed by atoms with Gasteiger partial charge in [0.05, 0.1) is 16.2 Å². The van der Waals surface area contributed by atoms with E-state index in [0.717, 1.165) is 15.4 Å². The molecular weight excluding hydrogens is 370 g/mol. The van der Waals surface area contributed by atoms with Crippen molar-refractivity contribution in [2.24, 2.45) is 0 Å². The Labute approximate surface area is 156 Å². The van der Waals surface area contributed by atoms with Gasteiger partial charge < -0.3 is 9.87 Å². The molecule has 0 saturated heterocycles. The van der Waals surface area contributed by atoms with E-state index < -0.39 is 11.1 Å². The average molecular weight is 385 g/mol. The summed E-state index contributed by atoms with van der Waals surface area (Å²) in [6.07, 6.45) is 9.52. The molecule has 1 aliphatic rings. The maximum absolute atomic E-state index is 11.0. The largest absolute Gasteiger partial charge is 0.322 e. The number of terminal acetylenes is 1. The number of aromatic nitrogens is 4. The van der Waals surface area contributed by atoms with Crippen LogP contribution in [0.4, 0.5) is 11.6 Å². The van der Waals surface area contributed by atoms with Crippen molar-refractivity contribution in [2.45, 2.75) is 24.5 Å². The molecule has 0 amide bonds. The Bertz CT molecular complexity index is 1020. The summed E-state index contributed by atoms with van der Waals surface area (Å²) in [4.78, 5) is 10.4. The van der Waals surface area contributed by atoms with E-state index in [9.17, 15) is 4.21 Å². The first kappa shape index (κ1) is 16.9. The molecule has 1 unspecified atom stereocenters. The molecule has 0 spiro atoms. The molecular formula is C17H15N5O2S2. The minimum absolute atomic E-state index is 0.0927. The predicted octanol–water partition coefficient (Wildman–Crippen LogP) is 3.25. The lowest BCUT2D eigenvalue weighted by Gasteiger charge is -2.06. The van der Waals surface area contributed by atoms with Gasteiger partial charge >= 0.3 is 0 Å². The van der Waals surface area contributed by atoms with E-state index in [-0.39, 0.29) is 5.75 Å². The number of H-pyrrole nitrogens is 1. The monoisotopic (exact) mass is 385 g/mol. The van der Waals surface area contributed by atoms with Crippen LogP contribution in [0.15, 0.2) is 24.4 Å². The van der Waals surface area contributed by atoms with Crippen molar-refractivity contribution in [1.29, 1.82) is 0 Å². The number of anilines is 2. The number of hydrogen-bond acceptors (Lipinski definition) is 6. The topological polar surface area (TPSA) is 104 Å². The van der Waals surface area contributed by atoms with E-state index in [0.29, 0.717) is 28.9 Å². The highest BCUT2D eigenvalue weighted by Crippen LogP contribution is 2.39. The Balaban J connectivity index is 1.61. The van der Waals surface area contributed by atoms with Crippen LogP contribution in [-0.4, -0.2) is 28.9 Å². The normalized spacial score (nSPS) is 14.8. The van der Waals surface area contributed by atoms with Gasteiger partial charge in [-0.25, -0.2) is 14.2 Å². The quantitative estimate of drug-likeness (QED) is 0.444. The van der Waals surface area contributed by atoms with Gasteiger partial charge in [0, 0.05) is 28.8 Å². The Hall–Kier alpha value is -2.54. The first-order valence-electron chi connectivity index (χ1n) is 7.95. The van der Waals surface area contributed by atoms with Crippen molar-refractivity contribution >= 4 is 34.1 Å². The van der Waals surface area contributed by atoms with E-state index in [1.807, 2.05) is 12.1 Å². The number of nitrogens with one attached hydrogen (secondary N) is 2. The first-order chi connectivity index (χ1) is 12.6. The molecule has 0 bridgehead atoms. The highest BCUT2D eigenvalue weighted by Gasteiger charge is 2.25. The summed E-state index contributed by atoms with van der Waals surface area (Å²) in [5.74, 6) is 4.91. The van der Waals surface area contributed by atoms with Crippen LogP contribution in [0, 0.1) is 12.3 Å². The van der Waals surface area contributed by atoms with Gasteiger partial charge in [-0.3, -0.25) is 5.10 Å². The van der Waals surface area contributed by atoms with Crippen molar-refractivity contribution in [2.75, 3.05) is 5.32 Å². The minimum Gasteiger partial charge on any atom is -0.322 e. The third-order valence-electron chi connectivity index (χ3n) is 3.95. The Morgan fingerprint density at radius 1 is 1.46 bits per heavy atom. The van der Waals surface area contributed by atoms with Gasteiger partial charge in [-0.2, -0.15) is 5.10 Å². The zero-order chi connectivity index (χ0) is 18.1. The molecule has 4 rings (SSSR count). The number of aromatic amines is 1. The van der Waals surface area contributed by atoms with Crippen LogP contribution < -0.4 is 5.32 Å². The van der Waals surface area contributed by atoms with Gasteiger partial charge in [-0.1, -0.05) is 5.92 Å². The van der Waals surface area contributed by atoms with E-state index in [4.69, 9.17) is 11.0 Å². The van der Waals surface area contributed by atoms with E-state index >= 15 is 0 Å². The number of nitrogens with zero attached hydrogens (tertiary/aromatic N) is 3. The Morgan fingerprint density at radius 3 is 3.04 bits per heavy atom. The van der Waals surface area contributed by atoms with Crippen LogP contribution in [0.2, 0.25) is 0 Å². The third kappa shape index (κ3) is 3.67. The molecule has 132 valence electrons. The van der Waals surface area contributed by atoms with E-state index in [1.54, 1.807) is 12.3 Å². The second kappa shape index (κ2) is 6.99. The number of rotatable bonds is 6. The third-order valence-corrected chi connectivity index (χ3v) is 5.78. The summed E-state index contributed by atoms with van der Waals surface area (Å²) in [6, 6.07) is 5.61. The van der Waals surface area contributed by atoms with Crippen LogP contribution in [0.3, 0.4) is 0 Å². The lowest BCUT2D eigenvalue weighted by Crippen LogP contribution is -2.00. The highest BCUT2D eigenvalue weighted by molar-refractivity contribution is 7.78. The molecule has 1 atom stereocenters. The molecule has 9 heteroatoms. The molecule has 0 radical (unpaired) electrons. The molecule has 3 aromatic rings. The van der Waals surface area contributed by atoms with E-state index in [1.165, 1.54) is 24.2 Å². The number of hydrogen-bond donors (Lipinski definition) is 3. The smallest absolute Gasteiger partial charge is 0.171 e. The summed E-state index contributed by atoms with van der Waals surface area (Å²) in [5, 5.41) is 10.5. The van der Waals surface area contributed by atoms with Gasteiger partial charge in [0.2, 0.25) is 0 Å². The zero-order valence-electron chi connectivity index (χ0n) is 13.6. The maximum atomic E-state index is 11.0. The summed E-state index contributed by atoms with van der Waals surface area (Å²) >= 11 is -0.493. The molecule has 0 aliphatic heterocycles. The molecule has 26 heavy (non-hydrogen) atoms.